The highest BCUT2D eigenvalue weighted by Gasteiger charge is 2.51. The summed E-state index contributed by atoms with van der Waals surface area (Å²) in [6, 6.07) is 2.74. The molecule has 1 aromatic carbocycles. The minimum absolute atomic E-state index is 0.0970. The Hall–Kier alpha value is -1.63. The summed E-state index contributed by atoms with van der Waals surface area (Å²) in [6.45, 7) is 2.69. The zero-order valence-electron chi connectivity index (χ0n) is 12.9. The second-order valence-electron chi connectivity index (χ2n) is 5.77. The van der Waals surface area contributed by atoms with E-state index >= 15 is 0 Å². The van der Waals surface area contributed by atoms with E-state index < -0.39 is 17.4 Å². The highest BCUT2D eigenvalue weighted by molar-refractivity contribution is 6.35. The van der Waals surface area contributed by atoms with Gasteiger partial charge in [0.2, 0.25) is 0 Å². The van der Waals surface area contributed by atoms with Gasteiger partial charge < -0.3 is 14.7 Å². The summed E-state index contributed by atoms with van der Waals surface area (Å²) in [5.41, 5.74) is -0.783. The van der Waals surface area contributed by atoms with Crippen molar-refractivity contribution in [2.75, 3.05) is 20.2 Å². The topological polar surface area (TPSA) is 59.0 Å². The number of halogens is 2. The lowest BCUT2D eigenvalue weighted by Gasteiger charge is -2.36. The van der Waals surface area contributed by atoms with Gasteiger partial charge in [0.15, 0.2) is 11.4 Å². The van der Waals surface area contributed by atoms with Crippen LogP contribution in [-0.2, 0) is 14.4 Å². The van der Waals surface area contributed by atoms with Crippen LogP contribution in [0.15, 0.2) is 17.9 Å². The number of hydrogen-bond acceptors (Lipinski definition) is 5. The average Bonchev–Trinajstić information content (AvgIpc) is 2.77. The Morgan fingerprint density at radius 1 is 1.39 bits per heavy atom. The molecule has 7 heteroatoms. The van der Waals surface area contributed by atoms with Crippen LogP contribution in [0.25, 0.3) is 5.57 Å². The van der Waals surface area contributed by atoms with Gasteiger partial charge in [0.05, 0.1) is 12.1 Å². The smallest absolute Gasteiger partial charge is 0.343 e. The van der Waals surface area contributed by atoms with E-state index in [1.54, 1.807) is 19.1 Å². The molecular formula is C16H17ClFNO4. The predicted molar refractivity (Wildman–Crippen MR) is 82.3 cm³/mol. The number of carbonyl (C=O) groups excluding carboxylic acids is 1. The van der Waals surface area contributed by atoms with Gasteiger partial charge in [0, 0.05) is 31.5 Å². The fourth-order valence-corrected chi connectivity index (χ4v) is 3.32. The molecule has 1 saturated heterocycles. The monoisotopic (exact) mass is 341 g/mol. The van der Waals surface area contributed by atoms with Gasteiger partial charge in [-0.15, -0.1) is 0 Å². The summed E-state index contributed by atoms with van der Waals surface area (Å²) in [4.78, 5) is 17.5. The number of rotatable bonds is 2. The fraction of sp³-hybridized carbons (Fsp3) is 0.438. The first-order valence-electron chi connectivity index (χ1n) is 7.31. The number of aliphatic hydroxyl groups is 1. The molecule has 1 spiro atoms. The second kappa shape index (κ2) is 5.78. The fourth-order valence-electron chi connectivity index (χ4n) is 3.08. The number of aliphatic hydroxyl groups excluding tert-OH is 1. The first-order chi connectivity index (χ1) is 10.9. The molecule has 1 aromatic rings. The van der Waals surface area contributed by atoms with Crippen LogP contribution in [0.4, 0.5) is 4.39 Å². The van der Waals surface area contributed by atoms with Gasteiger partial charge >= 0.3 is 5.97 Å². The van der Waals surface area contributed by atoms with Crippen LogP contribution < -0.4 is 0 Å². The first kappa shape index (κ1) is 16.2. The third-order valence-electron chi connectivity index (χ3n) is 4.48. The summed E-state index contributed by atoms with van der Waals surface area (Å²) < 4.78 is 19.7. The van der Waals surface area contributed by atoms with E-state index in [1.807, 2.05) is 0 Å². The van der Waals surface area contributed by atoms with Crippen LogP contribution in [-0.4, -0.2) is 41.9 Å². The minimum atomic E-state index is -1.12. The molecule has 3 rings (SSSR count). The molecule has 2 aliphatic heterocycles. The van der Waals surface area contributed by atoms with Crippen LogP contribution >= 0.6 is 11.6 Å². The summed E-state index contributed by atoms with van der Waals surface area (Å²) in [6.07, 6.45) is 0.736. The molecule has 2 heterocycles. The van der Waals surface area contributed by atoms with Crippen LogP contribution in [0.2, 0.25) is 5.02 Å². The molecule has 1 N–H and O–H groups in total. The largest absolute Gasteiger partial charge is 0.507 e. The van der Waals surface area contributed by atoms with E-state index in [0.29, 0.717) is 31.5 Å². The molecule has 5 nitrogen and oxygen atoms in total. The number of aryl methyl sites for hydroxylation is 1. The Balaban J connectivity index is 2.06. The van der Waals surface area contributed by atoms with E-state index in [9.17, 15) is 14.3 Å². The molecule has 0 radical (unpaired) electrons. The number of hydrogen-bond donors (Lipinski definition) is 1. The zero-order valence-corrected chi connectivity index (χ0v) is 13.6. The third-order valence-corrected chi connectivity index (χ3v) is 4.97. The molecular weight excluding hydrogens is 325 g/mol. The van der Waals surface area contributed by atoms with Crippen molar-refractivity contribution in [3.05, 3.63) is 39.9 Å². The van der Waals surface area contributed by atoms with E-state index in [1.165, 1.54) is 12.1 Å². The van der Waals surface area contributed by atoms with Gasteiger partial charge in [-0.1, -0.05) is 17.7 Å². The number of esters is 1. The quantitative estimate of drug-likeness (QED) is 0.838. The van der Waals surface area contributed by atoms with Gasteiger partial charge in [-0.05, 0) is 18.6 Å². The molecule has 0 bridgehead atoms. The Morgan fingerprint density at radius 3 is 2.65 bits per heavy atom. The van der Waals surface area contributed by atoms with Crippen LogP contribution in [0, 0.1) is 12.7 Å². The first-order valence-corrected chi connectivity index (χ1v) is 7.68. The van der Waals surface area contributed by atoms with Crippen molar-refractivity contribution in [2.45, 2.75) is 25.4 Å². The molecule has 0 atom stereocenters. The maximum Gasteiger partial charge on any atom is 0.343 e. The molecule has 23 heavy (non-hydrogen) atoms. The second-order valence-corrected chi connectivity index (χ2v) is 6.15. The van der Waals surface area contributed by atoms with Crippen molar-refractivity contribution in [1.29, 1.82) is 0 Å². The summed E-state index contributed by atoms with van der Waals surface area (Å²) in [7, 11) is 1.56. The molecule has 2 aliphatic rings. The van der Waals surface area contributed by atoms with Crippen molar-refractivity contribution >= 4 is 23.1 Å². The standard InChI is InChI=1S/C16H17ClFNO4/c1-9-3-4-10(18)11(13(9)17)12-14(20)16(23-15(12)21)5-7-19(22-2)8-6-16/h3-4,20H,5-8H2,1-2H3. The Kier molecular flexibility index (Phi) is 4.08. The number of carbonyl (C=O) groups is 1. The maximum atomic E-state index is 14.2. The van der Waals surface area contributed by atoms with Crippen molar-refractivity contribution < 1.29 is 23.9 Å². The Bertz CT molecular complexity index is 696. The van der Waals surface area contributed by atoms with Crippen molar-refractivity contribution in [2.24, 2.45) is 0 Å². The van der Waals surface area contributed by atoms with Crippen LogP contribution in [0.1, 0.15) is 24.0 Å². The molecule has 0 amide bonds. The van der Waals surface area contributed by atoms with Gasteiger partial charge in [0.1, 0.15) is 11.4 Å². The highest BCUT2D eigenvalue weighted by Crippen LogP contribution is 2.45. The lowest BCUT2D eigenvalue weighted by molar-refractivity contribution is -0.182. The Labute approximate surface area is 138 Å². The maximum absolute atomic E-state index is 14.2. The van der Waals surface area contributed by atoms with Crippen molar-refractivity contribution in [3.8, 4) is 0 Å². The van der Waals surface area contributed by atoms with Gasteiger partial charge in [-0.2, -0.15) is 5.06 Å². The normalized spacial score (nSPS) is 21.1. The molecule has 0 aromatic heterocycles. The van der Waals surface area contributed by atoms with Crippen LogP contribution in [0.5, 0.6) is 0 Å². The summed E-state index contributed by atoms with van der Waals surface area (Å²) in [5, 5.41) is 12.5. The minimum Gasteiger partial charge on any atom is -0.507 e. The number of hydroxylamine groups is 2. The van der Waals surface area contributed by atoms with E-state index in [4.69, 9.17) is 21.2 Å². The summed E-state index contributed by atoms with van der Waals surface area (Å²) >= 11 is 6.16. The SMILES string of the molecule is CON1CCC2(CC1)OC(=O)C(c1c(F)ccc(C)c1Cl)=C2O. The van der Waals surface area contributed by atoms with E-state index in [2.05, 4.69) is 0 Å². The molecule has 0 saturated carbocycles. The van der Waals surface area contributed by atoms with E-state index in [0.717, 1.165) is 0 Å². The molecule has 124 valence electrons. The Morgan fingerprint density at radius 2 is 2.04 bits per heavy atom. The van der Waals surface area contributed by atoms with E-state index in [-0.39, 0.29) is 21.9 Å². The lowest BCUT2D eigenvalue weighted by Crippen LogP contribution is -2.45. The zero-order chi connectivity index (χ0) is 16.8. The third kappa shape index (κ3) is 2.51. The molecule has 0 aliphatic carbocycles. The summed E-state index contributed by atoms with van der Waals surface area (Å²) in [5.74, 6) is -1.66. The average molecular weight is 342 g/mol. The van der Waals surface area contributed by atoms with Crippen molar-refractivity contribution in [3.63, 3.8) is 0 Å². The van der Waals surface area contributed by atoms with Crippen molar-refractivity contribution in [1.82, 2.24) is 5.06 Å². The number of benzene rings is 1. The van der Waals surface area contributed by atoms with Crippen LogP contribution in [0.3, 0.4) is 0 Å². The molecule has 1 fully saturated rings. The number of piperidine rings is 1. The van der Waals surface area contributed by atoms with Gasteiger partial charge in [-0.25, -0.2) is 9.18 Å². The predicted octanol–water partition coefficient (Wildman–Crippen LogP) is 3.01. The molecule has 0 unspecified atom stereocenters. The number of nitrogens with zero attached hydrogens (tertiary/aromatic N) is 1. The van der Waals surface area contributed by atoms with Gasteiger partial charge in [0.25, 0.3) is 0 Å². The lowest BCUT2D eigenvalue weighted by atomic mass is 9.88. The highest BCUT2D eigenvalue weighted by atomic mass is 35.5. The number of ether oxygens (including phenoxy) is 1. The van der Waals surface area contributed by atoms with Gasteiger partial charge in [-0.3, -0.25) is 0 Å².